The molecular weight excluding hydrogens is 216 g/mol. The van der Waals surface area contributed by atoms with Gasteiger partial charge in [0.2, 0.25) is 5.91 Å². The second kappa shape index (κ2) is 4.94. The van der Waals surface area contributed by atoms with Gasteiger partial charge in [-0.3, -0.25) is 10.1 Å². The van der Waals surface area contributed by atoms with Crippen molar-refractivity contribution in [3.05, 3.63) is 0 Å². The maximum Gasteiger partial charge on any atom is 0.241 e. The Balaban J connectivity index is 1.98. The van der Waals surface area contributed by atoms with Crippen LogP contribution >= 0.6 is 0 Å². The summed E-state index contributed by atoms with van der Waals surface area (Å²) in [7, 11) is 1.77. The zero-order valence-electron chi connectivity index (χ0n) is 11.2. The Labute approximate surface area is 104 Å². The van der Waals surface area contributed by atoms with Crippen LogP contribution in [0.2, 0.25) is 0 Å². The van der Waals surface area contributed by atoms with Gasteiger partial charge < -0.3 is 9.64 Å². The van der Waals surface area contributed by atoms with Crippen LogP contribution in [0.4, 0.5) is 0 Å². The predicted octanol–water partition coefficient (Wildman–Crippen LogP) is 1.50. The minimum absolute atomic E-state index is 0.0176. The molecule has 2 fully saturated rings. The van der Waals surface area contributed by atoms with E-state index in [-0.39, 0.29) is 23.7 Å². The Kier molecular flexibility index (Phi) is 3.73. The highest BCUT2D eigenvalue weighted by Crippen LogP contribution is 2.36. The van der Waals surface area contributed by atoms with Crippen molar-refractivity contribution < 1.29 is 9.53 Å². The van der Waals surface area contributed by atoms with Gasteiger partial charge in [0.15, 0.2) is 0 Å². The Morgan fingerprint density at radius 3 is 2.71 bits per heavy atom. The van der Waals surface area contributed by atoms with Gasteiger partial charge in [0, 0.05) is 7.11 Å². The van der Waals surface area contributed by atoms with Gasteiger partial charge in [0.1, 0.15) is 0 Å². The number of methoxy groups -OCH3 is 1. The molecular formula is C13H24N2O2. The quantitative estimate of drug-likeness (QED) is 0.792. The smallest absolute Gasteiger partial charge is 0.241 e. The van der Waals surface area contributed by atoms with Crippen molar-refractivity contribution >= 4 is 5.91 Å². The number of hydrogen-bond acceptors (Lipinski definition) is 3. The maximum atomic E-state index is 12.2. The van der Waals surface area contributed by atoms with E-state index >= 15 is 0 Å². The first-order valence-corrected chi connectivity index (χ1v) is 6.73. The molecule has 0 aromatic heterocycles. The van der Waals surface area contributed by atoms with E-state index in [1.165, 1.54) is 6.42 Å². The fourth-order valence-electron chi connectivity index (χ4n) is 2.86. The molecule has 1 N–H and O–H groups in total. The van der Waals surface area contributed by atoms with Crippen molar-refractivity contribution in [1.29, 1.82) is 0 Å². The topological polar surface area (TPSA) is 41.6 Å². The second-order valence-corrected chi connectivity index (χ2v) is 5.39. The van der Waals surface area contributed by atoms with Crippen molar-refractivity contribution in [1.82, 2.24) is 10.2 Å². The molecule has 4 nitrogen and oxygen atoms in total. The third-order valence-electron chi connectivity index (χ3n) is 4.22. The lowest BCUT2D eigenvalue weighted by Crippen LogP contribution is -2.52. The molecule has 2 rings (SSSR count). The lowest BCUT2D eigenvalue weighted by Gasteiger charge is -2.43. The summed E-state index contributed by atoms with van der Waals surface area (Å²) < 4.78 is 5.61. The first-order chi connectivity index (χ1) is 8.12. The first kappa shape index (κ1) is 12.8. The number of ether oxygens (including phenoxy) is 1. The normalized spacial score (nSPS) is 31.7. The summed E-state index contributed by atoms with van der Waals surface area (Å²) in [4.78, 5) is 14.2. The SMILES string of the molecule is CCCC1NC(C)N(CC2(OC)CCC2)C1=O. The van der Waals surface area contributed by atoms with Crippen LogP contribution in [0, 0.1) is 0 Å². The largest absolute Gasteiger partial charge is 0.376 e. The molecule has 0 aromatic carbocycles. The Hall–Kier alpha value is -0.610. The molecule has 1 saturated carbocycles. The molecule has 4 heteroatoms. The van der Waals surface area contributed by atoms with E-state index in [1.807, 2.05) is 4.90 Å². The van der Waals surface area contributed by atoms with Crippen molar-refractivity contribution in [3.8, 4) is 0 Å². The molecule has 0 aromatic rings. The molecule has 2 atom stereocenters. The number of rotatable bonds is 5. The highest BCUT2D eigenvalue weighted by atomic mass is 16.5. The average Bonchev–Trinajstić information content (AvgIpc) is 2.51. The van der Waals surface area contributed by atoms with E-state index < -0.39 is 0 Å². The van der Waals surface area contributed by atoms with Crippen LogP contribution in [0.1, 0.15) is 46.0 Å². The Morgan fingerprint density at radius 2 is 2.24 bits per heavy atom. The molecule has 0 spiro atoms. The fraction of sp³-hybridized carbons (Fsp3) is 0.923. The Bertz CT molecular complexity index is 284. The van der Waals surface area contributed by atoms with E-state index in [9.17, 15) is 4.79 Å². The lowest BCUT2D eigenvalue weighted by atomic mass is 9.79. The number of nitrogens with zero attached hydrogens (tertiary/aromatic N) is 1. The monoisotopic (exact) mass is 240 g/mol. The van der Waals surface area contributed by atoms with Crippen molar-refractivity contribution in [2.24, 2.45) is 0 Å². The van der Waals surface area contributed by atoms with Gasteiger partial charge in [0.25, 0.3) is 0 Å². The van der Waals surface area contributed by atoms with Crippen LogP contribution in [-0.4, -0.2) is 42.3 Å². The molecule has 2 unspecified atom stereocenters. The van der Waals surface area contributed by atoms with Gasteiger partial charge in [-0.05, 0) is 32.6 Å². The van der Waals surface area contributed by atoms with Crippen LogP contribution in [0.25, 0.3) is 0 Å². The predicted molar refractivity (Wildman–Crippen MR) is 66.6 cm³/mol. The summed E-state index contributed by atoms with van der Waals surface area (Å²) in [6, 6.07) is 0.0176. The third kappa shape index (κ3) is 2.33. The number of carbonyl (C=O) groups is 1. The standard InChI is InChI=1S/C13H24N2O2/c1-4-6-11-12(16)15(10(2)14-11)9-13(17-3)7-5-8-13/h10-11,14H,4-9H2,1-3H3. The zero-order valence-corrected chi connectivity index (χ0v) is 11.2. The van der Waals surface area contributed by atoms with Gasteiger partial charge in [-0.15, -0.1) is 0 Å². The fourth-order valence-corrected chi connectivity index (χ4v) is 2.86. The molecule has 0 bridgehead atoms. The Morgan fingerprint density at radius 1 is 1.53 bits per heavy atom. The van der Waals surface area contributed by atoms with E-state index in [1.54, 1.807) is 7.11 Å². The van der Waals surface area contributed by atoms with Gasteiger partial charge >= 0.3 is 0 Å². The summed E-state index contributed by atoms with van der Waals surface area (Å²) in [5.41, 5.74) is -0.0628. The van der Waals surface area contributed by atoms with Crippen LogP contribution in [0.15, 0.2) is 0 Å². The second-order valence-electron chi connectivity index (χ2n) is 5.39. The van der Waals surface area contributed by atoms with Crippen molar-refractivity contribution in [2.75, 3.05) is 13.7 Å². The van der Waals surface area contributed by atoms with Crippen LogP contribution < -0.4 is 5.32 Å². The van der Waals surface area contributed by atoms with Crippen molar-refractivity contribution in [2.45, 2.75) is 63.8 Å². The van der Waals surface area contributed by atoms with Crippen LogP contribution in [0.3, 0.4) is 0 Å². The lowest BCUT2D eigenvalue weighted by molar-refractivity contribution is -0.140. The molecule has 1 saturated heterocycles. The van der Waals surface area contributed by atoms with E-state index in [0.29, 0.717) is 0 Å². The summed E-state index contributed by atoms with van der Waals surface area (Å²) >= 11 is 0. The molecule has 1 aliphatic carbocycles. The van der Waals surface area contributed by atoms with Gasteiger partial charge in [0.05, 0.1) is 24.4 Å². The first-order valence-electron chi connectivity index (χ1n) is 6.73. The van der Waals surface area contributed by atoms with Crippen LogP contribution in [-0.2, 0) is 9.53 Å². The summed E-state index contributed by atoms with van der Waals surface area (Å²) in [6.45, 7) is 4.93. The zero-order chi connectivity index (χ0) is 12.5. The van der Waals surface area contributed by atoms with Crippen LogP contribution in [0.5, 0.6) is 0 Å². The van der Waals surface area contributed by atoms with Gasteiger partial charge in [-0.25, -0.2) is 0 Å². The summed E-state index contributed by atoms with van der Waals surface area (Å²) in [5.74, 6) is 0.252. The van der Waals surface area contributed by atoms with E-state index in [2.05, 4.69) is 19.2 Å². The van der Waals surface area contributed by atoms with E-state index in [4.69, 9.17) is 4.74 Å². The average molecular weight is 240 g/mol. The van der Waals surface area contributed by atoms with Gasteiger partial charge in [-0.2, -0.15) is 0 Å². The summed E-state index contributed by atoms with van der Waals surface area (Å²) in [5, 5.41) is 3.37. The number of carbonyl (C=O) groups excluding carboxylic acids is 1. The highest BCUT2D eigenvalue weighted by molar-refractivity contribution is 5.84. The highest BCUT2D eigenvalue weighted by Gasteiger charge is 2.44. The number of nitrogens with one attached hydrogen (secondary N) is 1. The number of amides is 1. The summed E-state index contributed by atoms with van der Waals surface area (Å²) in [6.07, 6.45) is 5.50. The minimum Gasteiger partial charge on any atom is -0.376 e. The molecule has 17 heavy (non-hydrogen) atoms. The van der Waals surface area contributed by atoms with Gasteiger partial charge in [-0.1, -0.05) is 13.3 Å². The number of hydrogen-bond donors (Lipinski definition) is 1. The molecule has 1 heterocycles. The maximum absolute atomic E-state index is 12.2. The molecule has 2 aliphatic rings. The molecule has 1 aliphatic heterocycles. The minimum atomic E-state index is -0.0628. The molecule has 98 valence electrons. The molecule has 0 radical (unpaired) electrons. The van der Waals surface area contributed by atoms with Crippen molar-refractivity contribution in [3.63, 3.8) is 0 Å². The third-order valence-corrected chi connectivity index (χ3v) is 4.22. The molecule has 1 amide bonds. The van der Waals surface area contributed by atoms with E-state index in [0.717, 1.165) is 32.2 Å².